The highest BCUT2D eigenvalue weighted by molar-refractivity contribution is 7.08. The number of hydrogen-bond acceptors (Lipinski definition) is 6. The molecule has 0 radical (unpaired) electrons. The van der Waals surface area contributed by atoms with Crippen molar-refractivity contribution in [3.05, 3.63) is 131 Å². The van der Waals surface area contributed by atoms with Gasteiger partial charge in [0.05, 0.1) is 32.6 Å². The van der Waals surface area contributed by atoms with Crippen LogP contribution in [0.4, 0.5) is 0 Å². The maximum absolute atomic E-state index is 11.1. The first-order valence-corrected chi connectivity index (χ1v) is 14.0. The molecule has 0 aliphatic carbocycles. The second kappa shape index (κ2) is 14.2. The Kier molecular flexibility index (Phi) is 10.5. The van der Waals surface area contributed by atoms with Crippen LogP contribution in [0.3, 0.4) is 0 Å². The Morgan fingerprint density at radius 2 is 1.23 bits per heavy atom. The van der Waals surface area contributed by atoms with E-state index in [2.05, 4.69) is 16.3 Å². The fourth-order valence-corrected chi connectivity index (χ4v) is 4.66. The second-order valence-electron chi connectivity index (χ2n) is 8.11. The summed E-state index contributed by atoms with van der Waals surface area (Å²) in [6.07, 6.45) is 0.843. The summed E-state index contributed by atoms with van der Waals surface area (Å²) >= 11 is 25.4. The molecule has 0 spiro atoms. The predicted octanol–water partition coefficient (Wildman–Crippen LogP) is 9.37. The fraction of sp³-hybridized carbons (Fsp3) is 0.0690. The van der Waals surface area contributed by atoms with E-state index in [1.165, 1.54) is 0 Å². The summed E-state index contributed by atoms with van der Waals surface area (Å²) in [4.78, 5) is 11.0. The van der Waals surface area contributed by atoms with E-state index in [4.69, 9.17) is 61.1 Å². The van der Waals surface area contributed by atoms with Gasteiger partial charge in [-0.1, -0.05) is 94.1 Å². The molecule has 1 heterocycles. The summed E-state index contributed by atoms with van der Waals surface area (Å²) < 4.78 is 11.4. The molecule has 0 aliphatic rings. The average molecular weight is 631 g/mol. The number of aromatic amines is 1. The number of ether oxygens (including phenoxy) is 2. The number of H-pyrrole nitrogens is 1. The summed E-state index contributed by atoms with van der Waals surface area (Å²) in [5.74, 6) is 2.08. The van der Waals surface area contributed by atoms with E-state index in [0.717, 1.165) is 22.5 Å². The Balaban J connectivity index is 0.000000189. The molecule has 202 valence electrons. The van der Waals surface area contributed by atoms with E-state index >= 15 is 0 Å². The largest absolute Gasteiger partial charge is 0.454 e. The van der Waals surface area contributed by atoms with Crippen LogP contribution in [0.5, 0.6) is 23.0 Å². The van der Waals surface area contributed by atoms with Gasteiger partial charge in [-0.15, -0.1) is 0 Å². The topological polar surface area (TPSA) is 88.0 Å². The van der Waals surface area contributed by atoms with Crippen LogP contribution in [-0.4, -0.2) is 10.2 Å². The fourth-order valence-electron chi connectivity index (χ4n) is 3.37. The number of hydrogen-bond donors (Lipinski definition) is 1. The minimum absolute atomic E-state index is 0.170. The molecule has 40 heavy (non-hydrogen) atoms. The second-order valence-corrected chi connectivity index (χ2v) is 10.8. The Morgan fingerprint density at radius 3 is 1.73 bits per heavy atom. The number of halogens is 4. The summed E-state index contributed by atoms with van der Waals surface area (Å²) in [7, 11) is 0. The van der Waals surface area contributed by atoms with Crippen molar-refractivity contribution in [1.82, 2.24) is 10.2 Å². The molecule has 1 N–H and O–H groups in total. The molecule has 0 saturated heterocycles. The van der Waals surface area contributed by atoms with E-state index in [9.17, 15) is 4.79 Å². The van der Waals surface area contributed by atoms with Gasteiger partial charge in [0, 0.05) is 6.42 Å². The molecule has 11 heteroatoms. The van der Waals surface area contributed by atoms with Crippen LogP contribution in [0, 0.1) is 11.3 Å². The van der Waals surface area contributed by atoms with E-state index in [1.54, 1.807) is 48.5 Å². The zero-order chi connectivity index (χ0) is 28.5. The highest BCUT2D eigenvalue weighted by Gasteiger charge is 2.10. The van der Waals surface area contributed by atoms with Gasteiger partial charge in [-0.3, -0.25) is 4.79 Å². The minimum Gasteiger partial charge on any atom is -0.454 e. The van der Waals surface area contributed by atoms with Crippen molar-refractivity contribution in [2.75, 3.05) is 0 Å². The Bertz CT molecular complexity index is 1720. The van der Waals surface area contributed by atoms with E-state index in [-0.39, 0.29) is 4.87 Å². The van der Waals surface area contributed by atoms with Gasteiger partial charge in [-0.25, -0.2) is 5.10 Å². The Morgan fingerprint density at radius 1 is 0.725 bits per heavy atom. The van der Waals surface area contributed by atoms with Gasteiger partial charge in [0.15, 0.2) is 0 Å². The number of nitrogens with one attached hydrogen (secondary N) is 1. The zero-order valence-corrected chi connectivity index (χ0v) is 24.4. The van der Waals surface area contributed by atoms with Crippen LogP contribution >= 0.6 is 57.7 Å². The summed E-state index contributed by atoms with van der Waals surface area (Å²) in [5.41, 5.74) is 1.79. The number of nitrogens with zero attached hydrogens (tertiary/aromatic N) is 2. The van der Waals surface area contributed by atoms with E-state index < -0.39 is 0 Å². The third-order valence-electron chi connectivity index (χ3n) is 5.23. The van der Waals surface area contributed by atoms with Crippen molar-refractivity contribution in [2.24, 2.45) is 0 Å². The van der Waals surface area contributed by atoms with Crippen LogP contribution in [0.15, 0.2) is 89.7 Å². The van der Waals surface area contributed by atoms with Gasteiger partial charge < -0.3 is 9.47 Å². The Labute approximate surface area is 254 Å². The van der Waals surface area contributed by atoms with Crippen LogP contribution in [0.2, 0.25) is 20.1 Å². The van der Waals surface area contributed by atoms with Crippen molar-refractivity contribution in [1.29, 1.82) is 5.26 Å². The molecule has 1 aromatic heterocycles. The normalized spacial score (nSPS) is 10.3. The number of nitriles is 1. The first-order valence-electron chi connectivity index (χ1n) is 11.7. The molecular weight excluding hydrogens is 612 g/mol. The van der Waals surface area contributed by atoms with E-state index in [0.29, 0.717) is 60.9 Å². The van der Waals surface area contributed by atoms with Crippen LogP contribution in [0.1, 0.15) is 16.1 Å². The first-order chi connectivity index (χ1) is 19.3. The lowest BCUT2D eigenvalue weighted by molar-refractivity contribution is 0.482. The lowest BCUT2D eigenvalue weighted by Gasteiger charge is -2.10. The maximum atomic E-state index is 11.1. The van der Waals surface area contributed by atoms with Gasteiger partial charge in [0.2, 0.25) is 0 Å². The third kappa shape index (κ3) is 8.25. The van der Waals surface area contributed by atoms with E-state index in [1.807, 2.05) is 36.4 Å². The van der Waals surface area contributed by atoms with Crippen LogP contribution in [0.25, 0.3) is 0 Å². The molecule has 0 fully saturated rings. The third-order valence-corrected chi connectivity index (χ3v) is 7.22. The van der Waals surface area contributed by atoms with Crippen LogP contribution in [-0.2, 0) is 12.8 Å². The SMILES string of the molecule is N#CCc1ccc(Cl)c(Oc2ccccc2Cl)c1.O=c1[nH]nc(Cc2ccc(Cl)c(Oc3ccccc3Cl)c2)s1. The molecule has 6 nitrogen and oxygen atoms in total. The highest BCUT2D eigenvalue weighted by atomic mass is 35.5. The molecule has 5 aromatic rings. The molecule has 0 atom stereocenters. The molecule has 0 unspecified atom stereocenters. The lowest BCUT2D eigenvalue weighted by Crippen LogP contribution is -1.91. The number of rotatable bonds is 7. The van der Waals surface area contributed by atoms with Gasteiger partial charge in [0.25, 0.3) is 0 Å². The molecule has 0 bridgehead atoms. The smallest absolute Gasteiger partial charge is 0.322 e. The number of benzene rings is 4. The monoisotopic (exact) mass is 629 g/mol. The predicted molar refractivity (Wildman–Crippen MR) is 161 cm³/mol. The lowest BCUT2D eigenvalue weighted by atomic mass is 10.1. The molecule has 0 saturated carbocycles. The zero-order valence-electron chi connectivity index (χ0n) is 20.5. The van der Waals surface area contributed by atoms with Crippen molar-refractivity contribution in [2.45, 2.75) is 12.8 Å². The molecule has 5 rings (SSSR count). The first kappa shape index (κ1) is 29.5. The molecule has 0 amide bonds. The van der Waals surface area contributed by atoms with Crippen molar-refractivity contribution in [3.63, 3.8) is 0 Å². The summed E-state index contributed by atoms with van der Waals surface area (Å²) in [5, 5.41) is 17.7. The summed E-state index contributed by atoms with van der Waals surface area (Å²) in [6, 6.07) is 27.1. The standard InChI is InChI=1S/C15H10Cl2N2O2S.C14H9Cl2NO/c16-10-3-1-2-4-12(10)21-13-7-9(5-6-11(13)17)8-14-18-19-15(20)22-14;15-11-3-1-2-4-13(11)18-14-9-10(7-8-17)5-6-12(14)16/h1-7H,8H2,(H,19,20);1-6,9H,7H2. The number of para-hydroxylation sites is 2. The number of aromatic nitrogens is 2. The molecular formula is C29H19Cl4N3O3S. The van der Waals surface area contributed by atoms with Gasteiger partial charge in [-0.05, 0) is 59.7 Å². The van der Waals surface area contributed by atoms with Crippen molar-refractivity contribution in [3.8, 4) is 29.1 Å². The van der Waals surface area contributed by atoms with Crippen LogP contribution < -0.4 is 14.3 Å². The Hall–Kier alpha value is -3.51. The van der Waals surface area contributed by atoms with Crippen molar-refractivity contribution >= 4 is 57.7 Å². The molecule has 4 aromatic carbocycles. The highest BCUT2D eigenvalue weighted by Crippen LogP contribution is 2.35. The van der Waals surface area contributed by atoms with Gasteiger partial charge >= 0.3 is 4.87 Å². The quantitative estimate of drug-likeness (QED) is 0.193. The maximum Gasteiger partial charge on any atom is 0.322 e. The van der Waals surface area contributed by atoms with Gasteiger partial charge in [-0.2, -0.15) is 10.4 Å². The minimum atomic E-state index is -0.170. The molecule has 0 aliphatic heterocycles. The summed E-state index contributed by atoms with van der Waals surface area (Å²) in [6.45, 7) is 0. The van der Waals surface area contributed by atoms with Gasteiger partial charge in [0.1, 0.15) is 28.0 Å². The average Bonchev–Trinajstić information content (AvgIpc) is 3.35. The van der Waals surface area contributed by atoms with Crippen molar-refractivity contribution < 1.29 is 9.47 Å².